The third-order valence-corrected chi connectivity index (χ3v) is 13.9. The van der Waals surface area contributed by atoms with Crippen LogP contribution in [0.5, 0.6) is 0 Å². The number of hydrogen-bond acceptors (Lipinski definition) is 6. The molecule has 0 aromatic carbocycles. The van der Waals surface area contributed by atoms with Crippen LogP contribution in [0.15, 0.2) is 72.9 Å². The van der Waals surface area contributed by atoms with Gasteiger partial charge in [0.2, 0.25) is 0 Å². The van der Waals surface area contributed by atoms with E-state index in [2.05, 4.69) is 93.7 Å². The Kier molecular flexibility index (Phi) is 59.7. The lowest BCUT2D eigenvalue weighted by atomic mass is 10.0. The summed E-state index contributed by atoms with van der Waals surface area (Å²) >= 11 is 0. The van der Waals surface area contributed by atoms with E-state index in [0.717, 1.165) is 83.5 Å². The second kappa shape index (κ2) is 62.4. The molecule has 0 aliphatic heterocycles. The molecule has 6 heteroatoms. The van der Waals surface area contributed by atoms with Crippen molar-refractivity contribution < 1.29 is 28.6 Å². The van der Waals surface area contributed by atoms with Crippen LogP contribution in [-0.2, 0) is 28.6 Å². The smallest absolute Gasteiger partial charge is 0.306 e. The molecule has 0 aliphatic carbocycles. The minimum atomic E-state index is -0.777. The number of unbranched alkanes of at least 4 members (excludes halogenated alkanes) is 35. The first kappa shape index (κ1) is 70.8. The van der Waals surface area contributed by atoms with E-state index in [4.69, 9.17) is 14.2 Å². The maximum Gasteiger partial charge on any atom is 0.306 e. The zero-order valence-corrected chi connectivity index (χ0v) is 49.1. The summed E-state index contributed by atoms with van der Waals surface area (Å²) in [6, 6.07) is 0. The van der Waals surface area contributed by atoms with E-state index in [-0.39, 0.29) is 31.1 Å². The lowest BCUT2D eigenvalue weighted by molar-refractivity contribution is -0.167. The van der Waals surface area contributed by atoms with E-state index in [9.17, 15) is 14.4 Å². The number of ether oxygens (including phenoxy) is 3. The summed E-state index contributed by atoms with van der Waals surface area (Å²) in [7, 11) is 0. The molecule has 0 fully saturated rings. The summed E-state index contributed by atoms with van der Waals surface area (Å²) in [5.74, 6) is -0.883. The molecule has 428 valence electrons. The highest BCUT2D eigenvalue weighted by Crippen LogP contribution is 2.16. The average molecular weight is 1030 g/mol. The van der Waals surface area contributed by atoms with Crippen molar-refractivity contribution in [2.45, 2.75) is 329 Å². The van der Waals surface area contributed by atoms with Crippen LogP contribution in [-0.4, -0.2) is 37.2 Å². The first-order valence-corrected chi connectivity index (χ1v) is 31.9. The van der Waals surface area contributed by atoms with Gasteiger partial charge in [0.15, 0.2) is 6.10 Å². The van der Waals surface area contributed by atoms with Crippen molar-refractivity contribution in [2.24, 2.45) is 0 Å². The SMILES string of the molecule is CCCCCCC/C=C\C/C=C\C/C=C\CCCCCCCCCCCCC(=O)OCC(COC(=O)CCCCCCCC)OC(=O)CCCCCCCCCCCC/C=C\C/C=C\C/C=C\CCCCCCC. The Hall–Kier alpha value is -3.15. The molecule has 1 atom stereocenters. The molecule has 0 aromatic heterocycles. The molecule has 0 rings (SSSR count). The highest BCUT2D eigenvalue weighted by atomic mass is 16.6. The Labute approximate surface area is 459 Å². The van der Waals surface area contributed by atoms with E-state index >= 15 is 0 Å². The summed E-state index contributed by atoms with van der Waals surface area (Å²) in [5, 5.41) is 0. The van der Waals surface area contributed by atoms with Crippen LogP contribution in [0.4, 0.5) is 0 Å². The molecule has 1 unspecified atom stereocenters. The van der Waals surface area contributed by atoms with Crippen LogP contribution in [0.25, 0.3) is 0 Å². The van der Waals surface area contributed by atoms with E-state index in [0.29, 0.717) is 19.3 Å². The van der Waals surface area contributed by atoms with E-state index in [1.165, 1.54) is 199 Å². The molecule has 0 heterocycles. The van der Waals surface area contributed by atoms with Crippen molar-refractivity contribution >= 4 is 17.9 Å². The molecule has 0 aliphatic rings. The molecular formula is C68H120O6. The molecule has 0 saturated carbocycles. The number of hydrogen-bond donors (Lipinski definition) is 0. The van der Waals surface area contributed by atoms with Gasteiger partial charge >= 0.3 is 17.9 Å². The second-order valence-electron chi connectivity index (χ2n) is 21.3. The predicted molar refractivity (Wildman–Crippen MR) is 321 cm³/mol. The largest absolute Gasteiger partial charge is 0.462 e. The van der Waals surface area contributed by atoms with Gasteiger partial charge in [0.25, 0.3) is 0 Å². The molecule has 0 radical (unpaired) electrons. The summed E-state index contributed by atoms with van der Waals surface area (Å²) in [6.07, 6.45) is 80.8. The minimum absolute atomic E-state index is 0.0771. The van der Waals surface area contributed by atoms with Crippen molar-refractivity contribution in [1.82, 2.24) is 0 Å². The Morgan fingerprint density at radius 2 is 0.486 bits per heavy atom. The van der Waals surface area contributed by atoms with Crippen molar-refractivity contribution in [3.05, 3.63) is 72.9 Å². The number of carbonyl (C=O) groups is 3. The molecular weight excluding hydrogens is 913 g/mol. The van der Waals surface area contributed by atoms with Crippen molar-refractivity contribution in [3.8, 4) is 0 Å². The summed E-state index contributed by atoms with van der Waals surface area (Å²) in [4.78, 5) is 38.0. The van der Waals surface area contributed by atoms with Gasteiger partial charge in [0, 0.05) is 19.3 Å². The van der Waals surface area contributed by atoms with Gasteiger partial charge < -0.3 is 14.2 Å². The normalized spacial score (nSPS) is 12.5. The zero-order chi connectivity index (χ0) is 53.6. The summed E-state index contributed by atoms with van der Waals surface area (Å²) < 4.78 is 16.8. The topological polar surface area (TPSA) is 78.9 Å². The number of esters is 3. The lowest BCUT2D eigenvalue weighted by Gasteiger charge is -2.18. The van der Waals surface area contributed by atoms with E-state index < -0.39 is 6.10 Å². The molecule has 0 N–H and O–H groups in total. The molecule has 74 heavy (non-hydrogen) atoms. The van der Waals surface area contributed by atoms with E-state index in [1.54, 1.807) is 0 Å². The van der Waals surface area contributed by atoms with Crippen molar-refractivity contribution in [3.63, 3.8) is 0 Å². The van der Waals surface area contributed by atoms with Gasteiger partial charge in [-0.05, 0) is 96.3 Å². The fourth-order valence-electron chi connectivity index (χ4n) is 9.11. The van der Waals surface area contributed by atoms with Crippen LogP contribution in [0.1, 0.15) is 323 Å². The average Bonchev–Trinajstić information content (AvgIpc) is 3.40. The lowest BCUT2D eigenvalue weighted by Crippen LogP contribution is -2.30. The van der Waals surface area contributed by atoms with Gasteiger partial charge in [-0.2, -0.15) is 0 Å². The third-order valence-electron chi connectivity index (χ3n) is 13.9. The van der Waals surface area contributed by atoms with Crippen molar-refractivity contribution in [2.75, 3.05) is 13.2 Å². The molecule has 0 aromatic rings. The van der Waals surface area contributed by atoms with Crippen LogP contribution >= 0.6 is 0 Å². The van der Waals surface area contributed by atoms with Crippen LogP contribution in [0.2, 0.25) is 0 Å². The van der Waals surface area contributed by atoms with Gasteiger partial charge in [0.05, 0.1) is 0 Å². The third kappa shape index (κ3) is 59.7. The molecule has 6 nitrogen and oxygen atoms in total. The molecule has 0 saturated heterocycles. The Morgan fingerprint density at radius 3 is 0.757 bits per heavy atom. The molecule has 0 bridgehead atoms. The predicted octanol–water partition coefficient (Wildman–Crippen LogP) is 21.7. The maximum absolute atomic E-state index is 12.8. The van der Waals surface area contributed by atoms with Crippen LogP contribution in [0, 0.1) is 0 Å². The Balaban J connectivity index is 4.11. The van der Waals surface area contributed by atoms with Gasteiger partial charge in [-0.15, -0.1) is 0 Å². The zero-order valence-electron chi connectivity index (χ0n) is 49.1. The highest BCUT2D eigenvalue weighted by molar-refractivity contribution is 5.71. The quantitative estimate of drug-likeness (QED) is 0.0261. The minimum Gasteiger partial charge on any atom is -0.462 e. The Bertz CT molecular complexity index is 1370. The van der Waals surface area contributed by atoms with Crippen LogP contribution in [0.3, 0.4) is 0 Å². The number of rotatable bonds is 58. The van der Waals surface area contributed by atoms with Gasteiger partial charge in [-0.1, -0.05) is 280 Å². The number of allylic oxidation sites excluding steroid dienone is 12. The summed E-state index contributed by atoms with van der Waals surface area (Å²) in [5.41, 5.74) is 0. The summed E-state index contributed by atoms with van der Waals surface area (Å²) in [6.45, 7) is 6.58. The standard InChI is InChI=1S/C68H120O6/c1-4-7-10-13-16-18-20-22-24-26-28-30-32-34-36-38-40-42-44-46-48-50-52-55-58-61-67(70)73-64-65(63-72-66(69)60-57-54-15-12-9-6-3)74-68(71)62-59-56-53-51-49-47-45-43-41-39-37-35-33-31-29-27-25-23-21-19-17-14-11-8-5-2/h20-23,26-29,32-35,65H,4-19,24-25,30-31,36-64H2,1-3H3/b22-20-,23-21-,28-26-,29-27-,34-32-,35-33-. The van der Waals surface area contributed by atoms with Gasteiger partial charge in [-0.25, -0.2) is 0 Å². The first-order chi connectivity index (χ1) is 36.5. The maximum atomic E-state index is 12.8. The van der Waals surface area contributed by atoms with E-state index in [1.807, 2.05) is 0 Å². The van der Waals surface area contributed by atoms with Gasteiger partial charge in [-0.3, -0.25) is 14.4 Å². The monoisotopic (exact) mass is 1030 g/mol. The number of carbonyl (C=O) groups excluding carboxylic acids is 3. The molecule has 0 amide bonds. The van der Waals surface area contributed by atoms with Gasteiger partial charge in [0.1, 0.15) is 13.2 Å². The second-order valence-corrected chi connectivity index (χ2v) is 21.3. The Morgan fingerprint density at radius 1 is 0.270 bits per heavy atom. The van der Waals surface area contributed by atoms with Crippen molar-refractivity contribution in [1.29, 1.82) is 0 Å². The highest BCUT2D eigenvalue weighted by Gasteiger charge is 2.19. The fraction of sp³-hybridized carbons (Fsp3) is 0.779. The fourth-order valence-corrected chi connectivity index (χ4v) is 9.11. The molecule has 0 spiro atoms. The first-order valence-electron chi connectivity index (χ1n) is 31.9. The van der Waals surface area contributed by atoms with Crippen LogP contribution < -0.4 is 0 Å².